The lowest BCUT2D eigenvalue weighted by Gasteiger charge is -2.02. The van der Waals surface area contributed by atoms with Crippen LogP contribution >= 0.6 is 11.3 Å². The Balaban J connectivity index is 2.27. The molecule has 0 fully saturated rings. The molecule has 0 unspecified atom stereocenters. The van der Waals surface area contributed by atoms with E-state index in [0.717, 1.165) is 21.5 Å². The van der Waals surface area contributed by atoms with Gasteiger partial charge in [-0.3, -0.25) is 0 Å². The van der Waals surface area contributed by atoms with Crippen LogP contribution in [0.25, 0.3) is 21.5 Å². The topological polar surface area (TPSA) is 51.8 Å². The van der Waals surface area contributed by atoms with Crippen molar-refractivity contribution in [2.75, 3.05) is 5.73 Å². The molecule has 3 aromatic heterocycles. The van der Waals surface area contributed by atoms with E-state index >= 15 is 0 Å². The average Bonchev–Trinajstić information content (AvgIpc) is 2.83. The van der Waals surface area contributed by atoms with Gasteiger partial charge in [0, 0.05) is 11.6 Å². The minimum Gasteiger partial charge on any atom is -0.382 e. The molecule has 3 heterocycles. The molecule has 0 bridgehead atoms. The van der Waals surface area contributed by atoms with Gasteiger partial charge in [0.25, 0.3) is 0 Å². The van der Waals surface area contributed by atoms with Gasteiger partial charge in [-0.1, -0.05) is 12.1 Å². The number of pyridine rings is 2. The van der Waals surface area contributed by atoms with Crippen molar-refractivity contribution in [3.8, 4) is 10.6 Å². The largest absolute Gasteiger partial charge is 0.382 e. The Kier molecular flexibility index (Phi) is 2.08. The lowest BCUT2D eigenvalue weighted by molar-refractivity contribution is 1.32. The van der Waals surface area contributed by atoms with Gasteiger partial charge in [0.15, 0.2) is 0 Å². The number of nitrogens with two attached hydrogens (primary N) is 1. The van der Waals surface area contributed by atoms with Gasteiger partial charge >= 0.3 is 0 Å². The van der Waals surface area contributed by atoms with Crippen LogP contribution in [-0.2, 0) is 0 Å². The lowest BCUT2D eigenvalue weighted by atomic mass is 10.2. The van der Waals surface area contributed by atoms with E-state index in [9.17, 15) is 0 Å². The van der Waals surface area contributed by atoms with E-state index in [1.165, 1.54) is 0 Å². The molecule has 78 valence electrons. The van der Waals surface area contributed by atoms with Gasteiger partial charge in [0.2, 0.25) is 0 Å². The van der Waals surface area contributed by atoms with E-state index in [4.69, 9.17) is 5.73 Å². The van der Waals surface area contributed by atoms with Crippen LogP contribution in [0.4, 0.5) is 5.82 Å². The number of anilines is 1. The first kappa shape index (κ1) is 9.30. The molecule has 0 atom stereocenters. The Morgan fingerprint density at radius 1 is 1.12 bits per heavy atom. The first-order valence-electron chi connectivity index (χ1n) is 4.90. The van der Waals surface area contributed by atoms with Gasteiger partial charge in [-0.05, 0) is 23.6 Å². The molecule has 3 rings (SSSR count). The van der Waals surface area contributed by atoms with Gasteiger partial charge < -0.3 is 5.73 Å². The minimum atomic E-state index is 0.482. The quantitative estimate of drug-likeness (QED) is 0.695. The Hall–Kier alpha value is -1.94. The zero-order valence-corrected chi connectivity index (χ0v) is 9.24. The average molecular weight is 227 g/mol. The molecular weight excluding hydrogens is 218 g/mol. The maximum atomic E-state index is 5.81. The van der Waals surface area contributed by atoms with Crippen LogP contribution in [0.2, 0.25) is 0 Å². The van der Waals surface area contributed by atoms with Crippen molar-refractivity contribution in [1.82, 2.24) is 9.97 Å². The molecule has 0 aromatic carbocycles. The van der Waals surface area contributed by atoms with Gasteiger partial charge in [0.1, 0.15) is 11.3 Å². The third-order valence-electron chi connectivity index (χ3n) is 2.41. The molecular formula is C12H9N3S. The first-order chi connectivity index (χ1) is 7.84. The molecule has 0 saturated carbocycles. The highest BCUT2D eigenvalue weighted by Gasteiger charge is 2.04. The van der Waals surface area contributed by atoms with Crippen LogP contribution in [0.5, 0.6) is 0 Å². The Morgan fingerprint density at radius 3 is 2.88 bits per heavy atom. The van der Waals surface area contributed by atoms with Crippen LogP contribution in [0.15, 0.2) is 41.9 Å². The van der Waals surface area contributed by atoms with Crippen LogP contribution in [-0.4, -0.2) is 9.97 Å². The molecule has 0 aliphatic heterocycles. The maximum absolute atomic E-state index is 5.81. The summed E-state index contributed by atoms with van der Waals surface area (Å²) in [5.74, 6) is 0.482. The predicted molar refractivity (Wildman–Crippen MR) is 67.3 cm³/mol. The molecule has 0 saturated heterocycles. The predicted octanol–water partition coefficient (Wildman–Crippen LogP) is 2.94. The summed E-state index contributed by atoms with van der Waals surface area (Å²) in [6.07, 6.45) is 1.70. The summed E-state index contributed by atoms with van der Waals surface area (Å²) >= 11 is 1.67. The molecule has 0 aliphatic rings. The highest BCUT2D eigenvalue weighted by Crippen LogP contribution is 2.26. The normalized spacial score (nSPS) is 10.8. The molecule has 2 N–H and O–H groups in total. The molecule has 3 aromatic rings. The van der Waals surface area contributed by atoms with E-state index in [1.54, 1.807) is 17.5 Å². The van der Waals surface area contributed by atoms with E-state index in [0.29, 0.717) is 5.82 Å². The summed E-state index contributed by atoms with van der Waals surface area (Å²) in [4.78, 5) is 9.73. The fourth-order valence-corrected chi connectivity index (χ4v) is 2.33. The Bertz CT molecular complexity index is 632. The van der Waals surface area contributed by atoms with E-state index < -0.39 is 0 Å². The molecule has 0 aliphatic carbocycles. The molecule has 0 spiro atoms. The SMILES string of the molecule is Nc1nccc2ccc(-c3cccs3)nc12. The van der Waals surface area contributed by atoms with E-state index in [1.807, 2.05) is 35.7 Å². The summed E-state index contributed by atoms with van der Waals surface area (Å²) < 4.78 is 0. The fourth-order valence-electron chi connectivity index (χ4n) is 1.63. The van der Waals surface area contributed by atoms with Gasteiger partial charge in [-0.25, -0.2) is 9.97 Å². The highest BCUT2D eigenvalue weighted by molar-refractivity contribution is 7.13. The number of hydrogen-bond acceptors (Lipinski definition) is 4. The second kappa shape index (κ2) is 3.57. The smallest absolute Gasteiger partial charge is 0.149 e. The van der Waals surface area contributed by atoms with Gasteiger partial charge in [-0.15, -0.1) is 11.3 Å². The third-order valence-corrected chi connectivity index (χ3v) is 3.30. The van der Waals surface area contributed by atoms with Crippen LogP contribution in [0.3, 0.4) is 0 Å². The van der Waals surface area contributed by atoms with Crippen molar-refractivity contribution in [3.05, 3.63) is 41.9 Å². The number of rotatable bonds is 1. The third kappa shape index (κ3) is 1.44. The standard InChI is InChI=1S/C12H9N3S/c13-12-11-8(5-6-14-12)3-4-9(15-11)10-2-1-7-16-10/h1-7H,(H2,13,14). The number of thiophene rings is 1. The number of fused-ring (bicyclic) bond motifs is 1. The van der Waals surface area contributed by atoms with Crippen molar-refractivity contribution in [2.24, 2.45) is 0 Å². The number of hydrogen-bond donors (Lipinski definition) is 1. The zero-order valence-electron chi connectivity index (χ0n) is 8.42. The Labute approximate surface area is 96.6 Å². The van der Waals surface area contributed by atoms with Crippen molar-refractivity contribution < 1.29 is 0 Å². The van der Waals surface area contributed by atoms with Gasteiger partial charge in [-0.2, -0.15) is 0 Å². The van der Waals surface area contributed by atoms with Crippen molar-refractivity contribution in [2.45, 2.75) is 0 Å². The molecule has 16 heavy (non-hydrogen) atoms. The van der Waals surface area contributed by atoms with Crippen LogP contribution < -0.4 is 5.73 Å². The monoisotopic (exact) mass is 227 g/mol. The summed E-state index contributed by atoms with van der Waals surface area (Å²) in [7, 11) is 0. The van der Waals surface area contributed by atoms with Crippen molar-refractivity contribution in [3.63, 3.8) is 0 Å². The van der Waals surface area contributed by atoms with Crippen molar-refractivity contribution in [1.29, 1.82) is 0 Å². The second-order valence-electron chi connectivity index (χ2n) is 3.44. The zero-order chi connectivity index (χ0) is 11.0. The van der Waals surface area contributed by atoms with Crippen LogP contribution in [0, 0.1) is 0 Å². The molecule has 4 heteroatoms. The maximum Gasteiger partial charge on any atom is 0.149 e. The summed E-state index contributed by atoms with van der Waals surface area (Å²) in [6.45, 7) is 0. The molecule has 0 radical (unpaired) electrons. The second-order valence-corrected chi connectivity index (χ2v) is 4.39. The molecule has 3 nitrogen and oxygen atoms in total. The summed E-state index contributed by atoms with van der Waals surface area (Å²) in [5, 5.41) is 3.06. The highest BCUT2D eigenvalue weighted by atomic mass is 32.1. The van der Waals surface area contributed by atoms with Crippen molar-refractivity contribution >= 4 is 28.1 Å². The minimum absolute atomic E-state index is 0.482. The summed E-state index contributed by atoms with van der Waals surface area (Å²) in [6, 6.07) is 10.0. The molecule has 0 amide bonds. The first-order valence-corrected chi connectivity index (χ1v) is 5.78. The van der Waals surface area contributed by atoms with E-state index in [-0.39, 0.29) is 0 Å². The van der Waals surface area contributed by atoms with Crippen LogP contribution in [0.1, 0.15) is 0 Å². The fraction of sp³-hybridized carbons (Fsp3) is 0. The lowest BCUT2D eigenvalue weighted by Crippen LogP contribution is -1.93. The number of nitrogens with zero attached hydrogens (tertiary/aromatic N) is 2. The summed E-state index contributed by atoms with van der Waals surface area (Å²) in [5.41, 5.74) is 7.53. The number of aromatic nitrogens is 2. The van der Waals surface area contributed by atoms with E-state index in [2.05, 4.69) is 9.97 Å². The number of nitrogen functional groups attached to an aromatic ring is 1. The van der Waals surface area contributed by atoms with Gasteiger partial charge in [0.05, 0.1) is 10.6 Å². The Morgan fingerprint density at radius 2 is 2.06 bits per heavy atom.